The molecule has 1 aromatic heterocycles. The fourth-order valence-corrected chi connectivity index (χ4v) is 5.35. The van der Waals surface area contributed by atoms with Crippen LogP contribution in [0.4, 0.5) is 0 Å². The normalized spacial score (nSPS) is 22.7. The summed E-state index contributed by atoms with van der Waals surface area (Å²) in [5.74, 6) is 2.47. The Hall–Kier alpha value is -2.32. The molecule has 5 rings (SSSR count). The first-order valence-electron chi connectivity index (χ1n) is 10.9. The molecule has 0 saturated carbocycles. The van der Waals surface area contributed by atoms with Crippen LogP contribution in [0, 0.1) is 6.92 Å². The van der Waals surface area contributed by atoms with Crippen LogP contribution in [0.25, 0.3) is 0 Å². The molecule has 0 unspecified atom stereocenters. The van der Waals surface area contributed by atoms with Gasteiger partial charge in [-0.25, -0.2) is 9.97 Å². The summed E-state index contributed by atoms with van der Waals surface area (Å²) < 4.78 is 16.5. The standard InChI is InChI=1S/C23H27N3O4S/c1-15-11-24-23(31-13-18-5-3-9-28-18)25-21(15)17-4-2-8-26(12-17)22(27)16-6-7-19-20(10-16)30-14-29-19/h6-7,10-11,17-18H,2-5,8-9,12-14H2,1H3/t17-,18+/m1/s1. The topological polar surface area (TPSA) is 73.8 Å². The monoisotopic (exact) mass is 441 g/mol. The first kappa shape index (κ1) is 20.6. The third kappa shape index (κ3) is 4.50. The number of aromatic nitrogens is 2. The maximum absolute atomic E-state index is 13.2. The van der Waals surface area contributed by atoms with E-state index >= 15 is 0 Å². The van der Waals surface area contributed by atoms with Gasteiger partial charge in [-0.1, -0.05) is 11.8 Å². The first-order chi connectivity index (χ1) is 15.2. The molecule has 0 spiro atoms. The van der Waals surface area contributed by atoms with Gasteiger partial charge in [-0.3, -0.25) is 4.79 Å². The van der Waals surface area contributed by atoms with Crippen LogP contribution in [0.5, 0.6) is 11.5 Å². The number of amides is 1. The summed E-state index contributed by atoms with van der Waals surface area (Å²) in [6.07, 6.45) is 6.47. The number of thioether (sulfide) groups is 1. The summed E-state index contributed by atoms with van der Waals surface area (Å²) in [5.41, 5.74) is 2.79. The number of rotatable bonds is 5. The maximum Gasteiger partial charge on any atom is 0.254 e. The Morgan fingerprint density at radius 3 is 3.00 bits per heavy atom. The molecule has 2 fully saturated rings. The van der Waals surface area contributed by atoms with Gasteiger partial charge in [0.1, 0.15) is 0 Å². The molecule has 1 amide bonds. The van der Waals surface area contributed by atoms with Crippen molar-refractivity contribution < 1.29 is 19.0 Å². The van der Waals surface area contributed by atoms with Gasteiger partial charge in [0.25, 0.3) is 5.91 Å². The SMILES string of the molecule is Cc1cnc(SC[C@@H]2CCCO2)nc1[C@@H]1CCCN(C(=O)c2ccc3c(c2)OCO3)C1. The zero-order valence-corrected chi connectivity index (χ0v) is 18.5. The summed E-state index contributed by atoms with van der Waals surface area (Å²) in [4.78, 5) is 24.5. The summed E-state index contributed by atoms with van der Waals surface area (Å²) >= 11 is 1.67. The minimum atomic E-state index is 0.0303. The van der Waals surface area contributed by atoms with Crippen LogP contribution in [0.1, 0.15) is 53.2 Å². The van der Waals surface area contributed by atoms with Gasteiger partial charge in [0, 0.05) is 43.1 Å². The molecule has 0 aliphatic carbocycles. The minimum Gasteiger partial charge on any atom is -0.454 e. The lowest BCUT2D eigenvalue weighted by Gasteiger charge is -2.33. The lowest BCUT2D eigenvalue weighted by atomic mass is 9.92. The van der Waals surface area contributed by atoms with Gasteiger partial charge >= 0.3 is 0 Å². The van der Waals surface area contributed by atoms with Crippen LogP contribution in [0.15, 0.2) is 29.6 Å². The molecule has 1 aromatic carbocycles. The Kier molecular flexibility index (Phi) is 6.00. The predicted octanol–water partition coefficient (Wildman–Crippen LogP) is 3.80. The van der Waals surface area contributed by atoms with Crippen molar-refractivity contribution >= 4 is 17.7 Å². The number of aryl methyl sites for hydroxylation is 1. The van der Waals surface area contributed by atoms with E-state index in [-0.39, 0.29) is 18.6 Å². The lowest BCUT2D eigenvalue weighted by Crippen LogP contribution is -2.39. The van der Waals surface area contributed by atoms with Gasteiger partial charge in [0.15, 0.2) is 16.7 Å². The lowest BCUT2D eigenvalue weighted by molar-refractivity contribution is 0.0705. The fraction of sp³-hybridized carbons (Fsp3) is 0.522. The van der Waals surface area contributed by atoms with Gasteiger partial charge < -0.3 is 19.1 Å². The number of carbonyl (C=O) groups is 1. The van der Waals surface area contributed by atoms with Crippen molar-refractivity contribution in [3.8, 4) is 11.5 Å². The number of nitrogens with zero attached hydrogens (tertiary/aromatic N) is 3. The molecule has 7 nitrogen and oxygen atoms in total. The average molecular weight is 442 g/mol. The Morgan fingerprint density at radius 2 is 2.13 bits per heavy atom. The van der Waals surface area contributed by atoms with E-state index in [9.17, 15) is 4.79 Å². The molecule has 164 valence electrons. The second-order valence-corrected chi connectivity index (χ2v) is 9.31. The zero-order valence-electron chi connectivity index (χ0n) is 17.7. The van der Waals surface area contributed by atoms with Crippen molar-refractivity contribution in [1.29, 1.82) is 0 Å². The summed E-state index contributed by atoms with van der Waals surface area (Å²) in [7, 11) is 0. The molecule has 0 radical (unpaired) electrons. The van der Waals surface area contributed by atoms with E-state index in [1.165, 1.54) is 0 Å². The zero-order chi connectivity index (χ0) is 21.2. The highest BCUT2D eigenvalue weighted by Gasteiger charge is 2.29. The number of hydrogen-bond acceptors (Lipinski definition) is 7. The largest absolute Gasteiger partial charge is 0.454 e. The quantitative estimate of drug-likeness (QED) is 0.516. The van der Waals surface area contributed by atoms with Gasteiger partial charge in [-0.2, -0.15) is 0 Å². The van der Waals surface area contributed by atoms with E-state index in [2.05, 4.69) is 11.9 Å². The number of benzene rings is 1. The maximum atomic E-state index is 13.2. The smallest absolute Gasteiger partial charge is 0.254 e. The van der Waals surface area contributed by atoms with E-state index in [4.69, 9.17) is 19.2 Å². The number of carbonyl (C=O) groups excluding carboxylic acids is 1. The molecule has 0 N–H and O–H groups in total. The molecule has 31 heavy (non-hydrogen) atoms. The number of fused-ring (bicyclic) bond motifs is 1. The molecular formula is C23H27N3O4S. The first-order valence-corrected chi connectivity index (χ1v) is 11.9. The third-order valence-corrected chi connectivity index (χ3v) is 7.12. The van der Waals surface area contributed by atoms with E-state index in [1.54, 1.807) is 17.8 Å². The van der Waals surface area contributed by atoms with Crippen LogP contribution in [0.3, 0.4) is 0 Å². The van der Waals surface area contributed by atoms with Gasteiger partial charge in [0.2, 0.25) is 6.79 Å². The summed E-state index contributed by atoms with van der Waals surface area (Å²) in [6, 6.07) is 5.41. The Bertz CT molecular complexity index is 964. The molecule has 0 bridgehead atoms. The highest BCUT2D eigenvalue weighted by Crippen LogP contribution is 2.34. The second kappa shape index (κ2) is 9.04. The van der Waals surface area contributed by atoms with E-state index in [0.717, 1.165) is 61.0 Å². The fourth-order valence-electron chi connectivity index (χ4n) is 4.46. The van der Waals surface area contributed by atoms with Gasteiger partial charge in [-0.15, -0.1) is 0 Å². The van der Waals surface area contributed by atoms with E-state index in [1.807, 2.05) is 23.2 Å². The molecule has 4 heterocycles. The highest BCUT2D eigenvalue weighted by molar-refractivity contribution is 7.99. The number of piperidine rings is 1. The average Bonchev–Trinajstić information content (AvgIpc) is 3.49. The van der Waals surface area contributed by atoms with Crippen molar-refractivity contribution in [2.75, 3.05) is 32.2 Å². The van der Waals surface area contributed by atoms with Crippen molar-refractivity contribution in [3.63, 3.8) is 0 Å². The van der Waals surface area contributed by atoms with Crippen LogP contribution in [-0.2, 0) is 4.74 Å². The molecule has 3 aliphatic heterocycles. The Morgan fingerprint density at radius 1 is 1.23 bits per heavy atom. The molecule has 8 heteroatoms. The van der Waals surface area contributed by atoms with Gasteiger partial charge in [-0.05, 0) is 56.4 Å². The van der Waals surface area contributed by atoms with Gasteiger partial charge in [0.05, 0.1) is 11.8 Å². The van der Waals surface area contributed by atoms with Crippen LogP contribution >= 0.6 is 11.8 Å². The number of hydrogen-bond donors (Lipinski definition) is 0. The van der Waals surface area contributed by atoms with Crippen molar-refractivity contribution in [3.05, 3.63) is 41.2 Å². The minimum absolute atomic E-state index is 0.0303. The molecular weight excluding hydrogens is 414 g/mol. The van der Waals surface area contributed by atoms with Crippen LogP contribution in [0.2, 0.25) is 0 Å². The summed E-state index contributed by atoms with van der Waals surface area (Å²) in [6.45, 7) is 4.55. The van der Waals surface area contributed by atoms with Crippen molar-refractivity contribution in [2.45, 2.75) is 49.8 Å². The van der Waals surface area contributed by atoms with E-state index < -0.39 is 0 Å². The van der Waals surface area contributed by atoms with Crippen molar-refractivity contribution in [2.24, 2.45) is 0 Å². The van der Waals surface area contributed by atoms with Crippen LogP contribution in [-0.4, -0.2) is 59.1 Å². The molecule has 2 atom stereocenters. The van der Waals surface area contributed by atoms with Crippen LogP contribution < -0.4 is 9.47 Å². The number of ether oxygens (including phenoxy) is 3. The summed E-state index contributed by atoms with van der Waals surface area (Å²) in [5, 5.41) is 0.801. The second-order valence-electron chi connectivity index (χ2n) is 8.33. The predicted molar refractivity (Wildman–Crippen MR) is 117 cm³/mol. The Balaban J connectivity index is 1.28. The van der Waals surface area contributed by atoms with Crippen molar-refractivity contribution in [1.82, 2.24) is 14.9 Å². The number of likely N-dealkylation sites (tertiary alicyclic amines) is 1. The molecule has 3 aliphatic rings. The van der Waals surface area contributed by atoms with E-state index in [0.29, 0.717) is 29.7 Å². The highest BCUT2D eigenvalue weighted by atomic mass is 32.2. The molecule has 2 saturated heterocycles. The molecule has 2 aromatic rings. The Labute approximate surface area is 186 Å². The third-order valence-electron chi connectivity index (χ3n) is 6.13.